The predicted molar refractivity (Wildman–Crippen MR) is 210 cm³/mol. The molecule has 0 atom stereocenters. The summed E-state index contributed by atoms with van der Waals surface area (Å²) in [4.78, 5) is 2.15. The van der Waals surface area contributed by atoms with Gasteiger partial charge in [-0.3, -0.25) is 0 Å². The quantitative estimate of drug-likeness (QED) is 0.172. The first-order chi connectivity index (χ1) is 26.9. The SMILES string of the molecule is [2H]c1c([2H])c([2H])c(-c2ccc(N(c3ccc(-c4ccccc4)cc3)c3ccc(-c4ccc(-c5cccc6c5oc5ccccc56)cc4)cc3)cc2)c([2H])c1[2H]. The van der Waals surface area contributed by atoms with Crippen LogP contribution in [-0.2, 0) is 0 Å². The lowest BCUT2D eigenvalue weighted by atomic mass is 9.98. The third-order valence-electron chi connectivity index (χ3n) is 9.21. The van der Waals surface area contributed by atoms with Crippen molar-refractivity contribution in [3.8, 4) is 44.5 Å². The van der Waals surface area contributed by atoms with Crippen molar-refractivity contribution in [2.45, 2.75) is 0 Å². The van der Waals surface area contributed by atoms with Crippen molar-refractivity contribution < 1.29 is 11.3 Å². The Morgan fingerprint density at radius 1 is 0.360 bits per heavy atom. The Morgan fingerprint density at radius 2 is 0.820 bits per heavy atom. The van der Waals surface area contributed by atoms with E-state index in [-0.39, 0.29) is 29.7 Å². The average Bonchev–Trinajstić information content (AvgIpc) is 3.63. The minimum absolute atomic E-state index is 0.181. The maximum Gasteiger partial charge on any atom is 0.143 e. The fraction of sp³-hybridized carbons (Fsp3) is 0. The summed E-state index contributed by atoms with van der Waals surface area (Å²) in [5.74, 6) is 0. The van der Waals surface area contributed by atoms with Crippen LogP contribution in [0.25, 0.3) is 66.4 Å². The molecule has 2 heteroatoms. The molecule has 0 aliphatic rings. The summed E-state index contributed by atoms with van der Waals surface area (Å²) in [6, 6.07) is 56.1. The lowest BCUT2D eigenvalue weighted by Crippen LogP contribution is -2.09. The van der Waals surface area contributed by atoms with Gasteiger partial charge in [0.15, 0.2) is 0 Å². The predicted octanol–water partition coefficient (Wildman–Crippen LogP) is 13.7. The highest BCUT2D eigenvalue weighted by Gasteiger charge is 2.15. The van der Waals surface area contributed by atoms with Crippen molar-refractivity contribution >= 4 is 39.0 Å². The third kappa shape index (κ3) is 5.53. The highest BCUT2D eigenvalue weighted by Crippen LogP contribution is 2.39. The van der Waals surface area contributed by atoms with Crippen LogP contribution in [0.2, 0.25) is 0 Å². The van der Waals surface area contributed by atoms with Gasteiger partial charge in [-0.1, -0.05) is 158 Å². The molecule has 2 nitrogen and oxygen atoms in total. The second-order valence-electron chi connectivity index (χ2n) is 12.2. The van der Waals surface area contributed by atoms with E-state index in [9.17, 15) is 0 Å². The molecular weight excluding hydrogens is 607 g/mol. The van der Waals surface area contributed by atoms with Gasteiger partial charge < -0.3 is 9.32 Å². The molecule has 8 aromatic carbocycles. The van der Waals surface area contributed by atoms with E-state index in [0.717, 1.165) is 72.4 Å². The van der Waals surface area contributed by atoms with Gasteiger partial charge in [0.1, 0.15) is 11.2 Å². The zero-order valence-corrected chi connectivity index (χ0v) is 27.0. The molecule has 9 aromatic rings. The molecule has 0 radical (unpaired) electrons. The van der Waals surface area contributed by atoms with Crippen molar-refractivity contribution in [3.05, 3.63) is 200 Å². The summed E-state index contributed by atoms with van der Waals surface area (Å²) in [6.45, 7) is 0. The maximum atomic E-state index is 8.48. The van der Waals surface area contributed by atoms with Gasteiger partial charge >= 0.3 is 0 Å². The lowest BCUT2D eigenvalue weighted by molar-refractivity contribution is 0.670. The van der Waals surface area contributed by atoms with E-state index in [2.05, 4.69) is 114 Å². The summed E-state index contributed by atoms with van der Waals surface area (Å²) in [5.41, 5.74) is 11.8. The van der Waals surface area contributed by atoms with Crippen LogP contribution in [0.15, 0.2) is 204 Å². The van der Waals surface area contributed by atoms with Crippen LogP contribution in [0.4, 0.5) is 17.1 Å². The number of benzene rings is 8. The van der Waals surface area contributed by atoms with Crippen LogP contribution in [0, 0.1) is 0 Å². The molecular formula is C48H33NO. The molecule has 0 amide bonds. The summed E-state index contributed by atoms with van der Waals surface area (Å²) < 4.78 is 47.6. The molecule has 0 spiro atoms. The molecule has 0 N–H and O–H groups in total. The van der Waals surface area contributed by atoms with Crippen LogP contribution in [0.3, 0.4) is 0 Å². The van der Waals surface area contributed by atoms with Gasteiger partial charge in [0.25, 0.3) is 0 Å². The maximum absolute atomic E-state index is 8.48. The van der Waals surface area contributed by atoms with Crippen molar-refractivity contribution in [1.29, 1.82) is 0 Å². The van der Waals surface area contributed by atoms with Crippen LogP contribution in [0.1, 0.15) is 6.85 Å². The molecule has 1 aromatic heterocycles. The Labute approximate surface area is 299 Å². The van der Waals surface area contributed by atoms with E-state index in [1.54, 1.807) is 0 Å². The molecule has 0 saturated carbocycles. The Kier molecular flexibility index (Phi) is 6.25. The fourth-order valence-electron chi connectivity index (χ4n) is 6.67. The second-order valence-corrected chi connectivity index (χ2v) is 12.2. The highest BCUT2D eigenvalue weighted by atomic mass is 16.3. The van der Waals surface area contributed by atoms with Crippen molar-refractivity contribution in [2.75, 3.05) is 4.90 Å². The number of hydrogen-bond acceptors (Lipinski definition) is 2. The minimum Gasteiger partial charge on any atom is -0.455 e. The van der Waals surface area contributed by atoms with Crippen molar-refractivity contribution in [2.24, 2.45) is 0 Å². The number of rotatable bonds is 7. The minimum atomic E-state index is -0.403. The Morgan fingerprint density at radius 3 is 1.42 bits per heavy atom. The van der Waals surface area contributed by atoms with Gasteiger partial charge in [0.2, 0.25) is 0 Å². The normalized spacial score (nSPS) is 12.6. The topological polar surface area (TPSA) is 16.4 Å². The van der Waals surface area contributed by atoms with Crippen LogP contribution >= 0.6 is 0 Å². The smallest absolute Gasteiger partial charge is 0.143 e. The number of para-hydroxylation sites is 2. The van der Waals surface area contributed by atoms with E-state index in [1.165, 1.54) is 0 Å². The van der Waals surface area contributed by atoms with E-state index in [4.69, 9.17) is 11.3 Å². The largest absolute Gasteiger partial charge is 0.455 e. The third-order valence-corrected chi connectivity index (χ3v) is 9.21. The van der Waals surface area contributed by atoms with Crippen LogP contribution < -0.4 is 4.90 Å². The van der Waals surface area contributed by atoms with Gasteiger partial charge in [0, 0.05) is 33.4 Å². The molecule has 0 unspecified atom stereocenters. The second kappa shape index (κ2) is 12.8. The monoisotopic (exact) mass is 644 g/mol. The molecule has 9 rings (SSSR count). The Hall–Kier alpha value is -6.64. The molecule has 236 valence electrons. The standard InChI is InChI=1S/C48H33NO/c1-3-10-34(11-4-1)37-22-28-41(29-23-37)49(42-30-24-38(25-31-42)35-12-5-2-6-13-35)43-32-26-39(27-33-43)36-18-20-40(21-19-36)44-15-9-16-46-45-14-7-8-17-47(45)50-48(44)46/h1-33H/i1D,3D,4D,10D,11D. The molecule has 0 aliphatic heterocycles. The van der Waals surface area contributed by atoms with Crippen molar-refractivity contribution in [3.63, 3.8) is 0 Å². The number of furan rings is 1. The number of fused-ring (bicyclic) bond motifs is 3. The van der Waals surface area contributed by atoms with Gasteiger partial charge in [0.05, 0.1) is 6.85 Å². The molecule has 50 heavy (non-hydrogen) atoms. The molecule has 1 heterocycles. The lowest BCUT2D eigenvalue weighted by Gasteiger charge is -2.26. The summed E-state index contributed by atoms with van der Waals surface area (Å²) in [7, 11) is 0. The zero-order chi connectivity index (χ0) is 37.6. The summed E-state index contributed by atoms with van der Waals surface area (Å²) >= 11 is 0. The first-order valence-electron chi connectivity index (χ1n) is 19.1. The molecule has 0 bridgehead atoms. The summed E-state index contributed by atoms with van der Waals surface area (Å²) in [6.07, 6.45) is 0. The number of anilines is 3. The number of nitrogens with zero attached hydrogens (tertiary/aromatic N) is 1. The van der Waals surface area contributed by atoms with E-state index < -0.39 is 6.04 Å². The van der Waals surface area contributed by atoms with Crippen molar-refractivity contribution in [1.82, 2.24) is 0 Å². The molecule has 0 fully saturated rings. The van der Waals surface area contributed by atoms with Crippen LogP contribution in [0.5, 0.6) is 0 Å². The summed E-state index contributed by atoms with van der Waals surface area (Å²) in [5, 5.41) is 2.22. The Bertz CT molecular complexity index is 2800. The molecule has 0 aliphatic carbocycles. The fourth-order valence-corrected chi connectivity index (χ4v) is 6.67. The highest BCUT2D eigenvalue weighted by molar-refractivity contribution is 6.09. The molecule has 0 saturated heterocycles. The first kappa shape index (κ1) is 24.5. The van der Waals surface area contributed by atoms with E-state index in [0.29, 0.717) is 5.56 Å². The van der Waals surface area contributed by atoms with Crippen LogP contribution in [-0.4, -0.2) is 0 Å². The number of hydrogen-bond donors (Lipinski definition) is 0. The average molecular weight is 645 g/mol. The van der Waals surface area contributed by atoms with Gasteiger partial charge in [-0.05, 0) is 81.4 Å². The van der Waals surface area contributed by atoms with E-state index >= 15 is 0 Å². The van der Waals surface area contributed by atoms with Gasteiger partial charge in [-0.25, -0.2) is 0 Å². The van der Waals surface area contributed by atoms with Gasteiger partial charge in [-0.2, -0.15) is 0 Å². The van der Waals surface area contributed by atoms with E-state index in [1.807, 2.05) is 60.7 Å². The Balaban J connectivity index is 1.06. The first-order valence-corrected chi connectivity index (χ1v) is 16.6. The zero-order valence-electron chi connectivity index (χ0n) is 32.0. The van der Waals surface area contributed by atoms with Gasteiger partial charge in [-0.15, -0.1) is 0 Å².